The Balaban J connectivity index is 2.22. The number of aliphatic carboxylic acids is 1. The largest absolute Gasteiger partial charge is 0.497 e. The van der Waals surface area contributed by atoms with Crippen molar-refractivity contribution >= 4 is 38.5 Å². The van der Waals surface area contributed by atoms with Crippen LogP contribution >= 0.6 is 11.6 Å². The summed E-state index contributed by atoms with van der Waals surface area (Å²) in [5.74, 6) is -0.387. The molecular weight excluding hydrogens is 418 g/mol. The van der Waals surface area contributed by atoms with E-state index in [9.17, 15) is 13.2 Å². The van der Waals surface area contributed by atoms with Crippen LogP contribution in [-0.2, 0) is 21.2 Å². The molecule has 154 valence electrons. The van der Waals surface area contributed by atoms with Crippen molar-refractivity contribution in [3.05, 3.63) is 53.2 Å². The number of rotatable bonds is 8. The van der Waals surface area contributed by atoms with Crippen molar-refractivity contribution in [1.82, 2.24) is 3.97 Å². The summed E-state index contributed by atoms with van der Waals surface area (Å²) in [6, 6.07) is 11.2. The zero-order chi connectivity index (χ0) is 21.2. The molecule has 0 atom stereocenters. The summed E-state index contributed by atoms with van der Waals surface area (Å²) in [5, 5.41) is 10.0. The van der Waals surface area contributed by atoms with Crippen LogP contribution in [0.1, 0.15) is 18.5 Å². The molecule has 0 bridgehead atoms. The lowest BCUT2D eigenvalue weighted by Gasteiger charge is -2.15. The number of benzene rings is 2. The van der Waals surface area contributed by atoms with Gasteiger partial charge < -0.3 is 14.6 Å². The van der Waals surface area contributed by atoms with E-state index in [1.165, 1.54) is 30.3 Å². The fourth-order valence-corrected chi connectivity index (χ4v) is 5.11. The molecule has 0 aliphatic rings. The number of methoxy groups -OCH3 is 2. The van der Waals surface area contributed by atoms with E-state index in [1.807, 2.05) is 0 Å². The fourth-order valence-electron chi connectivity index (χ4n) is 3.18. The van der Waals surface area contributed by atoms with Crippen LogP contribution in [0.3, 0.4) is 0 Å². The molecule has 1 N–H and O–H groups in total. The Morgan fingerprint density at radius 1 is 1.10 bits per heavy atom. The molecule has 0 spiro atoms. The summed E-state index contributed by atoms with van der Waals surface area (Å²) in [6.45, 7) is 0. The SMILES string of the molecule is COc1ccc(OC)c(S(=O)(=O)n2c(CCCC(=O)O)cc3cc(Cl)ccc32)c1. The van der Waals surface area contributed by atoms with Gasteiger partial charge in [0.25, 0.3) is 10.0 Å². The van der Waals surface area contributed by atoms with Gasteiger partial charge in [0.15, 0.2) is 0 Å². The lowest BCUT2D eigenvalue weighted by Crippen LogP contribution is -2.17. The number of nitrogens with zero attached hydrogens (tertiary/aromatic N) is 1. The zero-order valence-electron chi connectivity index (χ0n) is 15.9. The van der Waals surface area contributed by atoms with Gasteiger partial charge in [-0.2, -0.15) is 0 Å². The topological polar surface area (TPSA) is 94.8 Å². The Kier molecular flexibility index (Phi) is 6.04. The molecule has 3 rings (SSSR count). The smallest absolute Gasteiger partial charge is 0.303 e. The van der Waals surface area contributed by atoms with Crippen molar-refractivity contribution in [3.8, 4) is 11.5 Å². The van der Waals surface area contributed by atoms with Crippen LogP contribution in [0.2, 0.25) is 5.02 Å². The molecule has 1 heterocycles. The Bertz CT molecular complexity index is 1170. The van der Waals surface area contributed by atoms with E-state index in [1.54, 1.807) is 30.3 Å². The summed E-state index contributed by atoms with van der Waals surface area (Å²) in [6.07, 6.45) is 0.499. The van der Waals surface area contributed by atoms with E-state index in [0.717, 1.165) is 0 Å². The fraction of sp³-hybridized carbons (Fsp3) is 0.250. The average molecular weight is 438 g/mol. The predicted molar refractivity (Wildman–Crippen MR) is 110 cm³/mol. The van der Waals surface area contributed by atoms with Crippen molar-refractivity contribution < 1.29 is 27.8 Å². The first-order chi connectivity index (χ1) is 13.8. The average Bonchev–Trinajstić information content (AvgIpc) is 3.05. The predicted octanol–water partition coefficient (Wildman–Crippen LogP) is 3.96. The third kappa shape index (κ3) is 4.18. The Hall–Kier alpha value is -2.71. The van der Waals surface area contributed by atoms with Crippen molar-refractivity contribution in [1.29, 1.82) is 0 Å². The molecule has 29 heavy (non-hydrogen) atoms. The van der Waals surface area contributed by atoms with Crippen LogP contribution in [0.25, 0.3) is 10.9 Å². The molecule has 9 heteroatoms. The second-order valence-corrected chi connectivity index (χ2v) is 8.56. The molecule has 3 aromatic rings. The number of fused-ring (bicyclic) bond motifs is 1. The second-order valence-electron chi connectivity index (χ2n) is 6.37. The van der Waals surface area contributed by atoms with Crippen LogP contribution in [-0.4, -0.2) is 37.7 Å². The third-order valence-corrected chi connectivity index (χ3v) is 6.53. The van der Waals surface area contributed by atoms with Crippen molar-refractivity contribution in [2.24, 2.45) is 0 Å². The number of aryl methyl sites for hydroxylation is 1. The number of aromatic nitrogens is 1. The standard InChI is InChI=1S/C20H20ClNO6S/c1-27-16-7-9-18(28-2)19(12-16)29(25,26)22-15(4-3-5-20(23)24)11-13-10-14(21)6-8-17(13)22/h6-12H,3-5H2,1-2H3,(H,23,24). The highest BCUT2D eigenvalue weighted by Crippen LogP contribution is 2.34. The minimum Gasteiger partial charge on any atom is -0.497 e. The summed E-state index contributed by atoms with van der Waals surface area (Å²) in [4.78, 5) is 10.8. The van der Waals surface area contributed by atoms with Gasteiger partial charge in [0, 0.05) is 28.6 Å². The molecule has 0 saturated heterocycles. The maximum absolute atomic E-state index is 13.6. The number of hydrogen-bond acceptors (Lipinski definition) is 5. The molecule has 7 nitrogen and oxygen atoms in total. The van der Waals surface area contributed by atoms with Crippen LogP contribution in [0.5, 0.6) is 11.5 Å². The normalized spacial score (nSPS) is 11.6. The van der Waals surface area contributed by atoms with E-state index in [4.69, 9.17) is 26.2 Å². The minimum atomic E-state index is -4.07. The molecule has 1 aromatic heterocycles. The van der Waals surface area contributed by atoms with Crippen molar-refractivity contribution in [2.75, 3.05) is 14.2 Å². The highest BCUT2D eigenvalue weighted by molar-refractivity contribution is 7.90. The molecule has 2 aromatic carbocycles. The number of carboxylic acids is 1. The van der Waals surface area contributed by atoms with Crippen LogP contribution < -0.4 is 9.47 Å². The van der Waals surface area contributed by atoms with Crippen LogP contribution in [0.15, 0.2) is 47.4 Å². The highest BCUT2D eigenvalue weighted by Gasteiger charge is 2.27. The van der Waals surface area contributed by atoms with E-state index >= 15 is 0 Å². The first kappa shape index (κ1) is 21.0. The van der Waals surface area contributed by atoms with Crippen molar-refractivity contribution in [2.45, 2.75) is 24.2 Å². The van der Waals surface area contributed by atoms with Gasteiger partial charge in [0.1, 0.15) is 16.4 Å². The molecule has 0 aliphatic heterocycles. The molecule has 0 amide bonds. The number of hydrogen-bond donors (Lipinski definition) is 1. The number of carbonyl (C=O) groups is 1. The second kappa shape index (κ2) is 8.34. The van der Waals surface area contributed by atoms with E-state index < -0.39 is 16.0 Å². The van der Waals surface area contributed by atoms with Gasteiger partial charge in [-0.05, 0) is 49.2 Å². The summed E-state index contributed by atoms with van der Waals surface area (Å²) in [5.41, 5.74) is 0.915. The minimum absolute atomic E-state index is 0.0497. The molecule has 0 unspecified atom stereocenters. The monoisotopic (exact) mass is 437 g/mol. The third-order valence-electron chi connectivity index (χ3n) is 4.50. The van der Waals surface area contributed by atoms with Crippen molar-refractivity contribution in [3.63, 3.8) is 0 Å². The number of carboxylic acid groups (broad SMARTS) is 1. The van der Waals surface area contributed by atoms with Gasteiger partial charge in [-0.15, -0.1) is 0 Å². The van der Waals surface area contributed by atoms with Gasteiger partial charge >= 0.3 is 5.97 Å². The molecular formula is C20H20ClNO6S. The Labute approximate surface area is 173 Å². The van der Waals surface area contributed by atoms with Gasteiger partial charge in [0.2, 0.25) is 0 Å². The maximum Gasteiger partial charge on any atom is 0.303 e. The van der Waals surface area contributed by atoms with Gasteiger partial charge in [-0.3, -0.25) is 4.79 Å². The summed E-state index contributed by atoms with van der Waals surface area (Å²) < 4.78 is 38.9. The highest BCUT2D eigenvalue weighted by atomic mass is 35.5. The Morgan fingerprint density at radius 3 is 2.52 bits per heavy atom. The van der Waals surface area contributed by atoms with E-state index in [2.05, 4.69) is 0 Å². The lowest BCUT2D eigenvalue weighted by atomic mass is 10.2. The zero-order valence-corrected chi connectivity index (χ0v) is 17.5. The summed E-state index contributed by atoms with van der Waals surface area (Å²) in [7, 11) is -1.23. The van der Waals surface area contributed by atoms with Crippen LogP contribution in [0.4, 0.5) is 0 Å². The maximum atomic E-state index is 13.6. The lowest BCUT2D eigenvalue weighted by molar-refractivity contribution is -0.137. The first-order valence-electron chi connectivity index (χ1n) is 8.77. The Morgan fingerprint density at radius 2 is 1.86 bits per heavy atom. The van der Waals surface area contributed by atoms with Gasteiger partial charge in [-0.1, -0.05) is 11.6 Å². The van der Waals surface area contributed by atoms with Gasteiger partial charge in [0.05, 0.1) is 19.7 Å². The molecule has 0 radical (unpaired) electrons. The molecule has 0 saturated carbocycles. The van der Waals surface area contributed by atoms with E-state index in [-0.39, 0.29) is 23.5 Å². The van der Waals surface area contributed by atoms with Gasteiger partial charge in [-0.25, -0.2) is 12.4 Å². The molecule has 0 fully saturated rings. The van der Waals surface area contributed by atoms with Crippen LogP contribution in [0, 0.1) is 0 Å². The van der Waals surface area contributed by atoms with E-state index in [0.29, 0.717) is 33.8 Å². The molecule has 0 aliphatic carbocycles. The quantitative estimate of drug-likeness (QED) is 0.573. The summed E-state index contributed by atoms with van der Waals surface area (Å²) >= 11 is 6.07. The first-order valence-corrected chi connectivity index (χ1v) is 10.6. The number of halogens is 1. The number of ether oxygens (including phenoxy) is 2.